The normalized spacial score (nSPS) is 15.0. The Bertz CT molecular complexity index is 369. The van der Waals surface area contributed by atoms with Crippen LogP contribution in [0, 0.1) is 12.8 Å². The maximum absolute atomic E-state index is 5.71. The van der Waals surface area contributed by atoms with E-state index < -0.39 is 0 Å². The topological polar surface area (TPSA) is 29.3 Å². The lowest BCUT2D eigenvalue weighted by molar-refractivity contribution is 0.707. The molecule has 2 N–H and O–H groups in total. The van der Waals surface area contributed by atoms with Gasteiger partial charge in [-0.05, 0) is 55.4 Å². The van der Waals surface area contributed by atoms with E-state index in [4.69, 9.17) is 5.73 Å². The Morgan fingerprint density at radius 2 is 2.12 bits per heavy atom. The Kier molecular flexibility index (Phi) is 4.06. The van der Waals surface area contributed by atoms with Crippen molar-refractivity contribution in [3.05, 3.63) is 29.3 Å². The zero-order chi connectivity index (χ0) is 12.3. The van der Waals surface area contributed by atoms with Crippen molar-refractivity contribution in [1.82, 2.24) is 0 Å². The van der Waals surface area contributed by atoms with Crippen molar-refractivity contribution in [2.45, 2.75) is 39.7 Å². The quantitative estimate of drug-likeness (QED) is 0.816. The zero-order valence-electron chi connectivity index (χ0n) is 11.1. The number of hydrogen-bond acceptors (Lipinski definition) is 2. The summed E-state index contributed by atoms with van der Waals surface area (Å²) in [5.41, 5.74) is 9.66. The molecule has 1 aromatic carbocycles. The summed E-state index contributed by atoms with van der Waals surface area (Å²) in [4.78, 5) is 2.53. The van der Waals surface area contributed by atoms with Gasteiger partial charge in [0.05, 0.1) is 0 Å². The summed E-state index contributed by atoms with van der Waals surface area (Å²) < 4.78 is 0. The molecule has 0 amide bonds. The van der Waals surface area contributed by atoms with E-state index in [1.54, 1.807) is 0 Å². The molecule has 1 aliphatic carbocycles. The van der Waals surface area contributed by atoms with E-state index in [-0.39, 0.29) is 0 Å². The summed E-state index contributed by atoms with van der Waals surface area (Å²) in [5, 5.41) is 0. The third kappa shape index (κ3) is 3.22. The molecular weight excluding hydrogens is 208 g/mol. The molecule has 0 radical (unpaired) electrons. The molecule has 1 saturated carbocycles. The molecule has 0 bridgehead atoms. The SMILES string of the molecule is CCCN(CC1CC1)c1ccc(CN)c(C)c1. The molecule has 94 valence electrons. The zero-order valence-corrected chi connectivity index (χ0v) is 11.1. The molecule has 0 aromatic heterocycles. The van der Waals surface area contributed by atoms with Crippen molar-refractivity contribution in [2.24, 2.45) is 11.7 Å². The van der Waals surface area contributed by atoms with Crippen molar-refractivity contribution in [3.63, 3.8) is 0 Å². The summed E-state index contributed by atoms with van der Waals surface area (Å²) >= 11 is 0. The van der Waals surface area contributed by atoms with Crippen LogP contribution in [-0.4, -0.2) is 13.1 Å². The van der Waals surface area contributed by atoms with Crippen molar-refractivity contribution in [3.8, 4) is 0 Å². The summed E-state index contributed by atoms with van der Waals surface area (Å²) in [6.45, 7) is 7.45. The van der Waals surface area contributed by atoms with Crippen LogP contribution in [0.25, 0.3) is 0 Å². The van der Waals surface area contributed by atoms with Crippen LogP contribution in [0.15, 0.2) is 18.2 Å². The van der Waals surface area contributed by atoms with Crippen LogP contribution in [-0.2, 0) is 6.54 Å². The minimum Gasteiger partial charge on any atom is -0.371 e. The lowest BCUT2D eigenvalue weighted by atomic mass is 10.1. The van der Waals surface area contributed by atoms with Crippen LogP contribution in [0.5, 0.6) is 0 Å². The van der Waals surface area contributed by atoms with E-state index in [0.717, 1.165) is 12.5 Å². The Labute approximate surface area is 105 Å². The van der Waals surface area contributed by atoms with Gasteiger partial charge in [0, 0.05) is 25.3 Å². The third-order valence-corrected chi connectivity index (χ3v) is 3.58. The maximum Gasteiger partial charge on any atom is 0.0369 e. The molecule has 0 unspecified atom stereocenters. The molecule has 2 heteroatoms. The second kappa shape index (κ2) is 5.54. The molecule has 1 fully saturated rings. The fourth-order valence-corrected chi connectivity index (χ4v) is 2.31. The number of rotatable bonds is 6. The van der Waals surface area contributed by atoms with Crippen LogP contribution in [0.1, 0.15) is 37.3 Å². The van der Waals surface area contributed by atoms with E-state index in [1.165, 1.54) is 42.6 Å². The Balaban J connectivity index is 2.13. The van der Waals surface area contributed by atoms with Crippen LogP contribution in [0.3, 0.4) is 0 Å². The number of nitrogens with zero attached hydrogens (tertiary/aromatic N) is 1. The summed E-state index contributed by atoms with van der Waals surface area (Å²) in [7, 11) is 0. The van der Waals surface area contributed by atoms with E-state index in [9.17, 15) is 0 Å². The van der Waals surface area contributed by atoms with Gasteiger partial charge in [-0.3, -0.25) is 0 Å². The number of aryl methyl sites for hydroxylation is 1. The van der Waals surface area contributed by atoms with Gasteiger partial charge in [0.2, 0.25) is 0 Å². The molecule has 17 heavy (non-hydrogen) atoms. The lowest BCUT2D eigenvalue weighted by Crippen LogP contribution is -2.26. The van der Waals surface area contributed by atoms with Gasteiger partial charge in [0.25, 0.3) is 0 Å². The summed E-state index contributed by atoms with van der Waals surface area (Å²) in [5.74, 6) is 0.941. The van der Waals surface area contributed by atoms with Crippen LogP contribution in [0.4, 0.5) is 5.69 Å². The number of hydrogen-bond donors (Lipinski definition) is 1. The molecule has 0 heterocycles. The van der Waals surface area contributed by atoms with Crippen LogP contribution in [0.2, 0.25) is 0 Å². The van der Waals surface area contributed by atoms with Gasteiger partial charge >= 0.3 is 0 Å². The first kappa shape index (κ1) is 12.4. The predicted molar refractivity (Wildman–Crippen MR) is 74.3 cm³/mol. The molecule has 1 aliphatic rings. The molecule has 0 saturated heterocycles. The van der Waals surface area contributed by atoms with Gasteiger partial charge in [-0.1, -0.05) is 13.0 Å². The number of nitrogens with two attached hydrogens (primary N) is 1. The van der Waals surface area contributed by atoms with Gasteiger partial charge in [-0.15, -0.1) is 0 Å². The third-order valence-electron chi connectivity index (χ3n) is 3.58. The summed E-state index contributed by atoms with van der Waals surface area (Å²) in [6, 6.07) is 6.70. The van der Waals surface area contributed by atoms with Crippen molar-refractivity contribution >= 4 is 5.69 Å². The fourth-order valence-electron chi connectivity index (χ4n) is 2.31. The van der Waals surface area contributed by atoms with Gasteiger partial charge < -0.3 is 10.6 Å². The number of anilines is 1. The largest absolute Gasteiger partial charge is 0.371 e. The smallest absolute Gasteiger partial charge is 0.0369 e. The maximum atomic E-state index is 5.71. The highest BCUT2D eigenvalue weighted by Gasteiger charge is 2.24. The molecule has 2 nitrogen and oxygen atoms in total. The standard InChI is InChI=1S/C15H24N2/c1-3-8-17(11-13-4-5-13)15-7-6-14(10-16)12(2)9-15/h6-7,9,13H,3-5,8,10-11,16H2,1-2H3. The number of benzene rings is 1. The van der Waals surface area contributed by atoms with Gasteiger partial charge in [-0.2, -0.15) is 0 Å². The van der Waals surface area contributed by atoms with Gasteiger partial charge in [-0.25, -0.2) is 0 Å². The molecule has 0 spiro atoms. The highest BCUT2D eigenvalue weighted by atomic mass is 15.1. The molecular formula is C15H24N2. The molecule has 1 aromatic rings. The lowest BCUT2D eigenvalue weighted by Gasteiger charge is -2.25. The van der Waals surface area contributed by atoms with E-state index in [2.05, 4.69) is 36.9 Å². The second-order valence-electron chi connectivity index (χ2n) is 5.20. The fraction of sp³-hybridized carbons (Fsp3) is 0.600. The highest BCUT2D eigenvalue weighted by molar-refractivity contribution is 5.51. The summed E-state index contributed by atoms with van der Waals surface area (Å²) in [6.07, 6.45) is 4.05. The van der Waals surface area contributed by atoms with Gasteiger partial charge in [0.15, 0.2) is 0 Å². The predicted octanol–water partition coefficient (Wildman–Crippen LogP) is 3.08. The highest BCUT2D eigenvalue weighted by Crippen LogP contribution is 2.32. The minimum absolute atomic E-state index is 0.641. The molecule has 0 aliphatic heterocycles. The first-order valence-electron chi connectivity index (χ1n) is 6.79. The molecule has 2 rings (SSSR count). The van der Waals surface area contributed by atoms with Crippen LogP contribution >= 0.6 is 0 Å². The first-order chi connectivity index (χ1) is 8.24. The van der Waals surface area contributed by atoms with Crippen molar-refractivity contribution in [2.75, 3.05) is 18.0 Å². The average Bonchev–Trinajstić information content (AvgIpc) is 3.12. The van der Waals surface area contributed by atoms with E-state index in [1.807, 2.05) is 0 Å². The Morgan fingerprint density at radius 1 is 1.35 bits per heavy atom. The molecule has 0 atom stereocenters. The second-order valence-corrected chi connectivity index (χ2v) is 5.20. The first-order valence-corrected chi connectivity index (χ1v) is 6.79. The monoisotopic (exact) mass is 232 g/mol. The van der Waals surface area contributed by atoms with Crippen molar-refractivity contribution in [1.29, 1.82) is 0 Å². The average molecular weight is 232 g/mol. The Hall–Kier alpha value is -1.02. The van der Waals surface area contributed by atoms with Crippen LogP contribution < -0.4 is 10.6 Å². The Morgan fingerprint density at radius 3 is 2.65 bits per heavy atom. The van der Waals surface area contributed by atoms with Gasteiger partial charge in [0.1, 0.15) is 0 Å². The van der Waals surface area contributed by atoms with E-state index in [0.29, 0.717) is 6.54 Å². The van der Waals surface area contributed by atoms with Crippen molar-refractivity contribution < 1.29 is 0 Å². The van der Waals surface area contributed by atoms with E-state index >= 15 is 0 Å². The minimum atomic E-state index is 0.641.